The molecule has 0 rings (SSSR count). The Morgan fingerprint density at radius 1 is 0.265 bits per heavy atom. The van der Waals surface area contributed by atoms with Crippen molar-refractivity contribution in [1.82, 2.24) is 0 Å². The second kappa shape index (κ2) is 73.2. The fourth-order valence-corrected chi connectivity index (χ4v) is 14.4. The third-order valence-corrected chi connectivity index (χ3v) is 21.3. The van der Waals surface area contributed by atoms with Crippen LogP contribution in [0.25, 0.3) is 0 Å². The first-order valence-electron chi connectivity index (χ1n) is 42.8. The Morgan fingerprint density at radius 3 is 0.667 bits per heavy atom. The van der Waals surface area contributed by atoms with Gasteiger partial charge in [-0.2, -0.15) is 0 Å². The number of carbonyl (C=O) groups excluding carboxylic acids is 4. The normalized spacial score (nSPS) is 13.9. The molecule has 0 aliphatic rings. The Bertz CT molecular complexity index is 1970. The second-order valence-corrected chi connectivity index (χ2v) is 34.2. The van der Waals surface area contributed by atoms with Crippen LogP contribution in [-0.2, 0) is 65.4 Å². The fraction of sp³-hybridized carbons (Fsp3) is 0.952. The van der Waals surface area contributed by atoms with Gasteiger partial charge in [0.1, 0.15) is 19.3 Å². The molecule has 0 saturated carbocycles. The third-order valence-electron chi connectivity index (χ3n) is 19.4. The molecule has 0 aromatic carbocycles. The first-order valence-corrected chi connectivity index (χ1v) is 45.8. The highest BCUT2D eigenvalue weighted by atomic mass is 31.2. The lowest BCUT2D eigenvalue weighted by Crippen LogP contribution is -2.30. The first kappa shape index (κ1) is 100. The van der Waals surface area contributed by atoms with E-state index in [1.165, 1.54) is 244 Å². The maximum absolute atomic E-state index is 13.1. The molecule has 3 N–H and O–H groups in total. The summed E-state index contributed by atoms with van der Waals surface area (Å²) in [5, 5.41) is 10.6. The number of aliphatic hydroxyl groups is 1. The molecule has 0 saturated heterocycles. The molecule has 0 fully saturated rings. The fourth-order valence-electron chi connectivity index (χ4n) is 12.8. The van der Waals surface area contributed by atoms with E-state index < -0.39 is 97.5 Å². The van der Waals surface area contributed by atoms with Crippen molar-refractivity contribution in [2.24, 2.45) is 17.8 Å². The maximum Gasteiger partial charge on any atom is 0.472 e. The number of rotatable bonds is 81. The average molecular weight is 1490 g/mol. The molecular weight excluding hydrogens is 1330 g/mol. The van der Waals surface area contributed by atoms with Gasteiger partial charge in [-0.1, -0.05) is 382 Å². The number of hydrogen-bond acceptors (Lipinski definition) is 15. The van der Waals surface area contributed by atoms with Gasteiger partial charge in [-0.3, -0.25) is 37.3 Å². The monoisotopic (exact) mass is 1490 g/mol. The molecule has 19 heteroatoms. The van der Waals surface area contributed by atoms with Crippen molar-refractivity contribution in [3.8, 4) is 0 Å². The Balaban J connectivity index is 5.23. The zero-order chi connectivity index (χ0) is 75.1. The van der Waals surface area contributed by atoms with Crippen LogP contribution in [0.2, 0.25) is 0 Å². The van der Waals surface area contributed by atoms with Gasteiger partial charge < -0.3 is 33.8 Å². The molecule has 0 heterocycles. The molecule has 0 amide bonds. The van der Waals surface area contributed by atoms with E-state index in [1.807, 2.05) is 0 Å². The van der Waals surface area contributed by atoms with Gasteiger partial charge in [0.05, 0.1) is 26.4 Å². The van der Waals surface area contributed by atoms with Crippen LogP contribution in [-0.4, -0.2) is 96.7 Å². The van der Waals surface area contributed by atoms with Gasteiger partial charge in [-0.25, -0.2) is 9.13 Å². The van der Waals surface area contributed by atoms with Gasteiger partial charge in [0.2, 0.25) is 0 Å². The Morgan fingerprint density at radius 2 is 0.451 bits per heavy atom. The molecule has 0 spiro atoms. The summed E-state index contributed by atoms with van der Waals surface area (Å²) >= 11 is 0. The van der Waals surface area contributed by atoms with E-state index in [4.69, 9.17) is 37.0 Å². The molecule has 17 nitrogen and oxygen atoms in total. The maximum atomic E-state index is 13.1. The number of ether oxygens (including phenoxy) is 4. The highest BCUT2D eigenvalue weighted by Gasteiger charge is 2.30. The summed E-state index contributed by atoms with van der Waals surface area (Å²) in [4.78, 5) is 73.1. The van der Waals surface area contributed by atoms with Gasteiger partial charge in [0.25, 0.3) is 0 Å². The van der Waals surface area contributed by atoms with Gasteiger partial charge in [0, 0.05) is 25.7 Å². The second-order valence-electron chi connectivity index (χ2n) is 31.3. The molecule has 0 aromatic heterocycles. The van der Waals surface area contributed by atoms with E-state index in [2.05, 4.69) is 48.5 Å². The van der Waals surface area contributed by atoms with Gasteiger partial charge in [0.15, 0.2) is 12.2 Å². The number of phosphoric ester groups is 2. The van der Waals surface area contributed by atoms with Crippen LogP contribution < -0.4 is 0 Å². The SMILES string of the molecule is CCCCCCCCCCCCCCCCCCCCCCC(=O)O[C@H](COC(=O)CCCCCCCCCCCCCCCCCCC(C)C)COP(=O)(O)OC[C@@H](O)COP(=O)(O)OC[C@@H](COC(=O)CCCCCCCCCCC(C)C)OC(=O)CCCCCCCCCCCC(C)C. The van der Waals surface area contributed by atoms with Crippen LogP contribution in [0.5, 0.6) is 0 Å². The minimum atomic E-state index is -4.96. The predicted octanol–water partition coefficient (Wildman–Crippen LogP) is 24.9. The zero-order valence-electron chi connectivity index (χ0n) is 67.1. The van der Waals surface area contributed by atoms with Crippen LogP contribution >= 0.6 is 15.6 Å². The van der Waals surface area contributed by atoms with Crippen LogP contribution in [0, 0.1) is 17.8 Å². The summed E-state index contributed by atoms with van der Waals surface area (Å²) in [6.45, 7) is 11.9. The van der Waals surface area contributed by atoms with Gasteiger partial charge in [-0.05, 0) is 43.4 Å². The molecule has 0 aliphatic carbocycles. The number of hydrogen-bond donors (Lipinski definition) is 3. The van der Waals surface area contributed by atoms with Crippen LogP contribution in [0.15, 0.2) is 0 Å². The lowest BCUT2D eigenvalue weighted by Gasteiger charge is -2.21. The highest BCUT2D eigenvalue weighted by Crippen LogP contribution is 2.45. The number of phosphoric acid groups is 2. The lowest BCUT2D eigenvalue weighted by atomic mass is 10.0. The molecule has 0 aromatic rings. The van der Waals surface area contributed by atoms with E-state index in [9.17, 15) is 43.2 Å². The van der Waals surface area contributed by atoms with E-state index in [0.717, 1.165) is 108 Å². The molecule has 606 valence electrons. The molecular formula is C83H162O17P2. The highest BCUT2D eigenvalue weighted by molar-refractivity contribution is 7.47. The van der Waals surface area contributed by atoms with Crippen molar-refractivity contribution in [1.29, 1.82) is 0 Å². The number of esters is 4. The predicted molar refractivity (Wildman–Crippen MR) is 418 cm³/mol. The number of aliphatic hydroxyl groups excluding tert-OH is 1. The van der Waals surface area contributed by atoms with Crippen molar-refractivity contribution < 1.29 is 80.2 Å². The van der Waals surface area contributed by atoms with Crippen molar-refractivity contribution in [3.63, 3.8) is 0 Å². The summed E-state index contributed by atoms with van der Waals surface area (Å²) in [6, 6.07) is 0. The zero-order valence-corrected chi connectivity index (χ0v) is 68.9. The topological polar surface area (TPSA) is 237 Å². The summed E-state index contributed by atoms with van der Waals surface area (Å²) in [6.07, 6.45) is 62.6. The van der Waals surface area contributed by atoms with E-state index in [-0.39, 0.29) is 25.7 Å². The largest absolute Gasteiger partial charge is 0.472 e. The van der Waals surface area contributed by atoms with E-state index in [1.54, 1.807) is 0 Å². The van der Waals surface area contributed by atoms with E-state index >= 15 is 0 Å². The summed E-state index contributed by atoms with van der Waals surface area (Å²) in [5.41, 5.74) is 0. The van der Waals surface area contributed by atoms with Crippen molar-refractivity contribution in [3.05, 3.63) is 0 Å². The number of unbranched alkanes of at least 4 members (excludes halogenated alkanes) is 49. The molecule has 5 atom stereocenters. The summed E-state index contributed by atoms with van der Waals surface area (Å²) in [7, 11) is -9.92. The molecule has 102 heavy (non-hydrogen) atoms. The van der Waals surface area contributed by atoms with E-state index in [0.29, 0.717) is 25.7 Å². The minimum absolute atomic E-state index is 0.105. The van der Waals surface area contributed by atoms with Crippen LogP contribution in [0.4, 0.5) is 0 Å². The molecule has 2 unspecified atom stereocenters. The Labute approximate surface area is 626 Å². The summed E-state index contributed by atoms with van der Waals surface area (Å²) < 4.78 is 68.8. The van der Waals surface area contributed by atoms with Crippen LogP contribution in [0.3, 0.4) is 0 Å². The van der Waals surface area contributed by atoms with Gasteiger partial charge >= 0.3 is 39.5 Å². The first-order chi connectivity index (χ1) is 49.2. The lowest BCUT2D eigenvalue weighted by molar-refractivity contribution is -0.161. The number of carbonyl (C=O) groups is 4. The molecule has 0 aliphatic heterocycles. The Kier molecular flexibility index (Phi) is 71.8. The molecule has 0 radical (unpaired) electrons. The average Bonchev–Trinajstić information content (AvgIpc) is 1.07. The van der Waals surface area contributed by atoms with Crippen molar-refractivity contribution in [2.45, 2.75) is 452 Å². The van der Waals surface area contributed by atoms with Gasteiger partial charge in [-0.15, -0.1) is 0 Å². The standard InChI is InChI=1S/C83H162O17P2/c1-8-9-10-11-12-13-14-15-16-17-18-19-20-25-28-31-36-45-52-59-66-82(87)99-78(70-93-80(85)64-57-50-43-35-30-27-24-22-21-23-26-29-33-40-47-54-61-74(2)3)72-97-101(89,90)95-68-77(84)69-96-102(91,92)98-73-79(71-94-81(86)65-58-51-44-39-38-42-49-56-63-76(6)7)100-83(88)67-60-53-46-37-32-34-41-48-55-62-75(4)5/h74-79,84H,8-73H2,1-7H3,(H,89,90)(H,91,92)/t77-,78-,79-/m1/s1. The van der Waals surface area contributed by atoms with Crippen LogP contribution in [0.1, 0.15) is 434 Å². The minimum Gasteiger partial charge on any atom is -0.462 e. The quantitative estimate of drug-likeness (QED) is 0.0222. The molecule has 0 bridgehead atoms. The summed E-state index contributed by atoms with van der Waals surface area (Å²) in [5.74, 6) is 0.165. The van der Waals surface area contributed by atoms with Crippen molar-refractivity contribution in [2.75, 3.05) is 39.6 Å². The Hall–Kier alpha value is -1.94. The third kappa shape index (κ3) is 76.3. The smallest absolute Gasteiger partial charge is 0.462 e. The van der Waals surface area contributed by atoms with Crippen molar-refractivity contribution >= 4 is 39.5 Å².